The molecule has 150 valence electrons. The Kier molecular flexibility index (Phi) is 5.45. The number of hydrogen-bond donors (Lipinski definition) is 1. The lowest BCUT2D eigenvalue weighted by Crippen LogP contribution is -2.40. The maximum absolute atomic E-state index is 12.9. The van der Waals surface area contributed by atoms with Crippen LogP contribution >= 0.6 is 0 Å². The second-order valence-corrected chi connectivity index (χ2v) is 8.05. The zero-order chi connectivity index (χ0) is 20.5. The summed E-state index contributed by atoms with van der Waals surface area (Å²) in [5, 5.41) is 7.42. The molecule has 2 heterocycles. The van der Waals surface area contributed by atoms with Gasteiger partial charge in [-0.05, 0) is 44.9 Å². The molecule has 1 aliphatic heterocycles. The molecule has 28 heavy (non-hydrogen) atoms. The number of anilines is 1. The molecule has 0 bridgehead atoms. The minimum absolute atomic E-state index is 0.230. The average Bonchev–Trinajstić information content (AvgIpc) is 2.95. The number of aromatic nitrogens is 2. The first-order valence-electron chi connectivity index (χ1n) is 9.61. The van der Waals surface area contributed by atoms with Crippen molar-refractivity contribution < 1.29 is 14.3 Å². The van der Waals surface area contributed by atoms with E-state index in [0.717, 1.165) is 23.4 Å². The van der Waals surface area contributed by atoms with Crippen molar-refractivity contribution >= 4 is 17.7 Å². The molecular formula is C21H28N4O3. The second kappa shape index (κ2) is 7.66. The summed E-state index contributed by atoms with van der Waals surface area (Å²) in [6.07, 6.45) is 1.17. The van der Waals surface area contributed by atoms with E-state index in [1.165, 1.54) is 5.56 Å². The SMILES string of the molecule is CCc1ccc(NC(=O)c2c3c(nn2C)CCN(C(=O)OC(C)(C)C)C3)cc1. The summed E-state index contributed by atoms with van der Waals surface area (Å²) in [7, 11) is 1.76. The number of benzene rings is 1. The molecule has 0 aliphatic carbocycles. The summed E-state index contributed by atoms with van der Waals surface area (Å²) in [5.74, 6) is -0.230. The van der Waals surface area contributed by atoms with E-state index in [9.17, 15) is 9.59 Å². The van der Waals surface area contributed by atoms with Crippen LogP contribution in [0.1, 0.15) is 55.0 Å². The number of nitrogens with one attached hydrogen (secondary N) is 1. The van der Waals surface area contributed by atoms with Gasteiger partial charge in [0, 0.05) is 31.3 Å². The summed E-state index contributed by atoms with van der Waals surface area (Å²) in [4.78, 5) is 27.0. The van der Waals surface area contributed by atoms with Gasteiger partial charge in [-0.1, -0.05) is 19.1 Å². The maximum Gasteiger partial charge on any atom is 0.410 e. The van der Waals surface area contributed by atoms with Crippen LogP contribution in [0.25, 0.3) is 0 Å². The van der Waals surface area contributed by atoms with Crippen molar-refractivity contribution in [2.24, 2.45) is 7.05 Å². The lowest BCUT2D eigenvalue weighted by molar-refractivity contribution is 0.0222. The van der Waals surface area contributed by atoms with Gasteiger partial charge in [0.15, 0.2) is 0 Å². The van der Waals surface area contributed by atoms with Gasteiger partial charge in [0.05, 0.1) is 12.2 Å². The molecule has 2 aromatic rings. The van der Waals surface area contributed by atoms with Crippen LogP contribution in [0.3, 0.4) is 0 Å². The monoisotopic (exact) mass is 384 g/mol. The third-order valence-corrected chi connectivity index (χ3v) is 4.68. The molecule has 0 saturated carbocycles. The fourth-order valence-corrected chi connectivity index (χ4v) is 3.28. The van der Waals surface area contributed by atoms with Crippen molar-refractivity contribution in [3.63, 3.8) is 0 Å². The Morgan fingerprint density at radius 3 is 2.50 bits per heavy atom. The number of nitrogens with zero attached hydrogens (tertiary/aromatic N) is 3. The Hall–Kier alpha value is -2.83. The quantitative estimate of drug-likeness (QED) is 0.878. The smallest absolute Gasteiger partial charge is 0.410 e. The third-order valence-electron chi connectivity index (χ3n) is 4.68. The molecule has 0 unspecified atom stereocenters. The molecule has 0 fully saturated rings. The fourth-order valence-electron chi connectivity index (χ4n) is 3.28. The topological polar surface area (TPSA) is 76.5 Å². The van der Waals surface area contributed by atoms with Crippen LogP contribution < -0.4 is 5.32 Å². The normalized spacial score (nSPS) is 13.8. The molecule has 3 rings (SSSR count). The predicted molar refractivity (Wildman–Crippen MR) is 107 cm³/mol. The summed E-state index contributed by atoms with van der Waals surface area (Å²) in [6, 6.07) is 7.79. The van der Waals surface area contributed by atoms with Crippen LogP contribution in [-0.2, 0) is 31.2 Å². The maximum atomic E-state index is 12.9. The number of rotatable bonds is 3. The average molecular weight is 384 g/mol. The lowest BCUT2D eigenvalue weighted by atomic mass is 10.0. The van der Waals surface area contributed by atoms with Crippen LogP contribution in [0.15, 0.2) is 24.3 Å². The Bertz CT molecular complexity index is 878. The van der Waals surface area contributed by atoms with Crippen molar-refractivity contribution in [2.75, 3.05) is 11.9 Å². The van der Waals surface area contributed by atoms with Crippen LogP contribution in [0.2, 0.25) is 0 Å². The van der Waals surface area contributed by atoms with E-state index in [4.69, 9.17) is 4.74 Å². The molecule has 7 nitrogen and oxygen atoms in total. The van der Waals surface area contributed by atoms with Gasteiger partial charge in [-0.25, -0.2) is 4.79 Å². The lowest BCUT2D eigenvalue weighted by Gasteiger charge is -2.29. The Morgan fingerprint density at radius 1 is 1.21 bits per heavy atom. The number of hydrogen-bond acceptors (Lipinski definition) is 4. The molecule has 0 radical (unpaired) electrons. The van der Waals surface area contributed by atoms with E-state index in [1.54, 1.807) is 16.6 Å². The van der Waals surface area contributed by atoms with Gasteiger partial charge >= 0.3 is 6.09 Å². The largest absolute Gasteiger partial charge is 0.444 e. The number of aryl methyl sites for hydroxylation is 2. The standard InChI is InChI=1S/C21H28N4O3/c1-6-14-7-9-15(10-8-14)22-19(26)18-16-13-25(20(27)28-21(2,3)4)12-11-17(16)23-24(18)5/h7-10H,6,11-13H2,1-5H3,(H,22,26). The molecule has 0 saturated heterocycles. The van der Waals surface area contributed by atoms with Gasteiger partial charge in [-0.3, -0.25) is 9.48 Å². The molecule has 2 amide bonds. The van der Waals surface area contributed by atoms with E-state index in [1.807, 2.05) is 45.0 Å². The molecule has 1 aliphatic rings. The molecule has 7 heteroatoms. The molecule has 1 aromatic heterocycles. The van der Waals surface area contributed by atoms with E-state index in [2.05, 4.69) is 17.3 Å². The highest BCUT2D eigenvalue weighted by molar-refractivity contribution is 6.04. The van der Waals surface area contributed by atoms with Gasteiger partial charge in [0.2, 0.25) is 0 Å². The number of carbonyl (C=O) groups excluding carboxylic acids is 2. The van der Waals surface area contributed by atoms with Gasteiger partial charge in [-0.15, -0.1) is 0 Å². The number of carbonyl (C=O) groups is 2. The van der Waals surface area contributed by atoms with E-state index < -0.39 is 5.60 Å². The first-order chi connectivity index (χ1) is 13.2. The van der Waals surface area contributed by atoms with Gasteiger partial charge in [-0.2, -0.15) is 5.10 Å². The number of fused-ring (bicyclic) bond motifs is 1. The first-order valence-corrected chi connectivity index (χ1v) is 9.61. The first kappa shape index (κ1) is 19.9. The summed E-state index contributed by atoms with van der Waals surface area (Å²) >= 11 is 0. The van der Waals surface area contributed by atoms with Crippen molar-refractivity contribution in [3.8, 4) is 0 Å². The fraction of sp³-hybridized carbons (Fsp3) is 0.476. The van der Waals surface area contributed by atoms with Crippen LogP contribution in [-0.4, -0.2) is 38.8 Å². The highest BCUT2D eigenvalue weighted by Crippen LogP contribution is 2.24. The van der Waals surface area contributed by atoms with Gasteiger partial charge in [0.25, 0.3) is 5.91 Å². The summed E-state index contributed by atoms with van der Waals surface area (Å²) in [6.45, 7) is 8.45. The Morgan fingerprint density at radius 2 is 1.89 bits per heavy atom. The minimum atomic E-state index is -0.558. The van der Waals surface area contributed by atoms with Crippen molar-refractivity contribution in [1.29, 1.82) is 0 Å². The minimum Gasteiger partial charge on any atom is -0.444 e. The summed E-state index contributed by atoms with van der Waals surface area (Å²) < 4.78 is 7.07. The van der Waals surface area contributed by atoms with E-state index in [-0.39, 0.29) is 12.0 Å². The van der Waals surface area contributed by atoms with Crippen LogP contribution in [0, 0.1) is 0 Å². The van der Waals surface area contributed by atoms with Crippen molar-refractivity contribution in [3.05, 3.63) is 46.8 Å². The van der Waals surface area contributed by atoms with Gasteiger partial charge < -0.3 is 15.0 Å². The van der Waals surface area contributed by atoms with E-state index >= 15 is 0 Å². The number of amides is 2. The number of ether oxygens (including phenoxy) is 1. The Labute approximate surface area is 165 Å². The summed E-state index contributed by atoms with van der Waals surface area (Å²) in [5.41, 5.74) is 3.50. The van der Waals surface area contributed by atoms with Crippen molar-refractivity contribution in [2.45, 2.75) is 52.7 Å². The van der Waals surface area contributed by atoms with Gasteiger partial charge in [0.1, 0.15) is 11.3 Å². The zero-order valence-electron chi connectivity index (χ0n) is 17.2. The van der Waals surface area contributed by atoms with E-state index in [0.29, 0.717) is 25.2 Å². The highest BCUT2D eigenvalue weighted by atomic mass is 16.6. The molecule has 0 atom stereocenters. The zero-order valence-corrected chi connectivity index (χ0v) is 17.2. The second-order valence-electron chi connectivity index (χ2n) is 8.05. The highest BCUT2D eigenvalue weighted by Gasteiger charge is 2.31. The molecule has 0 spiro atoms. The third kappa shape index (κ3) is 4.35. The molecule has 1 N–H and O–H groups in total. The molecule has 1 aromatic carbocycles. The predicted octanol–water partition coefficient (Wildman–Crippen LogP) is 3.53. The van der Waals surface area contributed by atoms with Crippen LogP contribution in [0.4, 0.5) is 10.5 Å². The van der Waals surface area contributed by atoms with Crippen LogP contribution in [0.5, 0.6) is 0 Å². The Balaban J connectivity index is 1.79. The van der Waals surface area contributed by atoms with Crippen molar-refractivity contribution in [1.82, 2.24) is 14.7 Å². The molecular weight excluding hydrogens is 356 g/mol.